The third kappa shape index (κ3) is 10.1. The van der Waals surface area contributed by atoms with Crippen LogP contribution in [0.1, 0.15) is 84.0 Å². The van der Waals surface area contributed by atoms with Gasteiger partial charge in [-0.2, -0.15) is 17.2 Å². The van der Waals surface area contributed by atoms with Crippen molar-refractivity contribution in [2.24, 2.45) is 0 Å². The van der Waals surface area contributed by atoms with Crippen molar-refractivity contribution in [3.63, 3.8) is 0 Å². The summed E-state index contributed by atoms with van der Waals surface area (Å²) < 4.78 is 0. The zero-order valence-corrected chi connectivity index (χ0v) is 19.9. The molecule has 0 aromatic carbocycles. The molecular weight excluding hydrogens is 432 g/mol. The van der Waals surface area contributed by atoms with Crippen molar-refractivity contribution in [1.29, 1.82) is 0 Å². The number of fused-ring (bicyclic) bond motifs is 1. The Balaban J connectivity index is 1.39. The van der Waals surface area contributed by atoms with Gasteiger partial charge in [-0.1, -0.05) is 32.6 Å². The molecule has 0 aromatic heterocycles. The van der Waals surface area contributed by atoms with Gasteiger partial charge >= 0.3 is 12.0 Å². The molecule has 0 aromatic rings. The number of carbonyl (C=O) groups is 4. The maximum atomic E-state index is 11.8. The Morgan fingerprint density at radius 3 is 2.53 bits per heavy atom. The molecule has 0 bridgehead atoms. The molecule has 0 spiro atoms. The van der Waals surface area contributed by atoms with E-state index in [1.54, 1.807) is 0 Å². The summed E-state index contributed by atoms with van der Waals surface area (Å²) in [6, 6.07) is 0.315. The number of hydrogen-bond acceptors (Lipinski definition) is 6. The van der Waals surface area contributed by atoms with Gasteiger partial charge in [-0.15, -0.1) is 0 Å². The Kier molecular flexibility index (Phi) is 12.3. The van der Waals surface area contributed by atoms with Gasteiger partial charge < -0.3 is 20.8 Å². The number of amides is 4. The van der Waals surface area contributed by atoms with Crippen molar-refractivity contribution in [3.8, 4) is 0 Å². The van der Waals surface area contributed by atoms with Crippen molar-refractivity contribution < 1.29 is 24.0 Å². The molecule has 3 atom stereocenters. The fourth-order valence-corrected chi connectivity index (χ4v) is 5.46. The van der Waals surface area contributed by atoms with Gasteiger partial charge in [-0.3, -0.25) is 9.59 Å². The summed E-state index contributed by atoms with van der Waals surface area (Å²) in [4.78, 5) is 51.4. The SMILES string of the molecule is CCCCCC(=O)NCCCCCC(=O)ONC(=O)CCCC[C@@H]1SC[C@@H]2NC(=O)N[C@@H]21. The molecule has 0 aliphatic carbocycles. The van der Waals surface area contributed by atoms with Crippen LogP contribution in [0.3, 0.4) is 0 Å². The van der Waals surface area contributed by atoms with E-state index in [1.165, 1.54) is 0 Å². The lowest BCUT2D eigenvalue weighted by Gasteiger charge is -2.16. The molecular formula is C22H38N4O5S. The predicted molar refractivity (Wildman–Crippen MR) is 124 cm³/mol. The van der Waals surface area contributed by atoms with Crippen LogP contribution in [0.5, 0.6) is 0 Å². The molecule has 9 nitrogen and oxygen atoms in total. The summed E-state index contributed by atoms with van der Waals surface area (Å²) >= 11 is 1.86. The number of thioether (sulfide) groups is 1. The molecule has 182 valence electrons. The number of unbranched alkanes of at least 4 members (excludes halogenated alkanes) is 5. The van der Waals surface area contributed by atoms with Crippen LogP contribution in [-0.4, -0.2) is 53.4 Å². The van der Waals surface area contributed by atoms with E-state index in [9.17, 15) is 19.2 Å². The summed E-state index contributed by atoms with van der Waals surface area (Å²) in [6.45, 7) is 2.73. The molecule has 32 heavy (non-hydrogen) atoms. The normalized spacial score (nSPS) is 21.4. The van der Waals surface area contributed by atoms with Crippen LogP contribution in [0.4, 0.5) is 4.79 Å². The largest absolute Gasteiger partial charge is 0.356 e. The summed E-state index contributed by atoms with van der Waals surface area (Å²) in [7, 11) is 0. The smallest absolute Gasteiger partial charge is 0.332 e. The second-order valence-electron chi connectivity index (χ2n) is 8.48. The molecule has 2 rings (SSSR count). The third-order valence-corrected chi connectivity index (χ3v) is 7.26. The minimum absolute atomic E-state index is 0.0870. The summed E-state index contributed by atoms with van der Waals surface area (Å²) in [5.74, 6) is 0.281. The van der Waals surface area contributed by atoms with Crippen molar-refractivity contribution in [2.45, 2.75) is 101 Å². The zero-order valence-electron chi connectivity index (χ0n) is 19.1. The lowest BCUT2D eigenvalue weighted by Crippen LogP contribution is -2.36. The molecule has 2 aliphatic rings. The van der Waals surface area contributed by atoms with Crippen LogP contribution in [-0.2, 0) is 19.2 Å². The Hall–Kier alpha value is -1.97. The molecule has 0 saturated carbocycles. The minimum atomic E-state index is -0.445. The highest BCUT2D eigenvalue weighted by Gasteiger charge is 2.42. The first-order valence-corrected chi connectivity index (χ1v) is 13.0. The molecule has 2 fully saturated rings. The van der Waals surface area contributed by atoms with Crippen LogP contribution in [0.25, 0.3) is 0 Å². The maximum absolute atomic E-state index is 11.8. The van der Waals surface area contributed by atoms with E-state index < -0.39 is 5.97 Å². The Bertz CT molecular complexity index is 633. The van der Waals surface area contributed by atoms with E-state index in [1.807, 2.05) is 11.8 Å². The minimum Gasteiger partial charge on any atom is -0.356 e. The fourth-order valence-electron chi connectivity index (χ4n) is 3.91. The predicted octanol–water partition coefficient (Wildman–Crippen LogP) is 2.54. The molecule has 4 amide bonds. The van der Waals surface area contributed by atoms with Crippen molar-refractivity contribution in [2.75, 3.05) is 12.3 Å². The fraction of sp³-hybridized carbons (Fsp3) is 0.818. The topological polar surface area (TPSA) is 126 Å². The van der Waals surface area contributed by atoms with Crippen molar-refractivity contribution in [1.82, 2.24) is 21.4 Å². The molecule has 2 saturated heterocycles. The standard InChI is InChI=1S/C22H38N4O5S/c1-2-3-5-11-18(27)23-14-9-4-6-13-20(29)31-26-19(28)12-8-7-10-17-21-16(15-32-17)24-22(30)25-21/h16-17,21H,2-15H2,1H3,(H,23,27)(H,26,28)(H2,24,25,30)/t16-,17-,21-/m0/s1. The average molecular weight is 471 g/mol. The first-order chi connectivity index (χ1) is 15.5. The van der Waals surface area contributed by atoms with Gasteiger partial charge in [0.25, 0.3) is 5.91 Å². The van der Waals surface area contributed by atoms with Gasteiger partial charge in [0.15, 0.2) is 0 Å². The first kappa shape index (κ1) is 26.3. The Labute approximate surface area is 194 Å². The number of carbonyl (C=O) groups excluding carboxylic acids is 4. The van der Waals surface area contributed by atoms with Crippen LogP contribution in [0, 0.1) is 0 Å². The Morgan fingerprint density at radius 1 is 0.969 bits per heavy atom. The van der Waals surface area contributed by atoms with Crippen LogP contribution in [0.15, 0.2) is 0 Å². The lowest BCUT2D eigenvalue weighted by atomic mass is 10.0. The van der Waals surface area contributed by atoms with Gasteiger partial charge in [-0.05, 0) is 32.1 Å². The first-order valence-electron chi connectivity index (χ1n) is 11.9. The van der Waals surface area contributed by atoms with Crippen molar-refractivity contribution in [3.05, 3.63) is 0 Å². The number of hydrogen-bond donors (Lipinski definition) is 4. The van der Waals surface area contributed by atoms with Gasteiger partial charge in [0.2, 0.25) is 5.91 Å². The van der Waals surface area contributed by atoms with E-state index in [-0.39, 0.29) is 36.3 Å². The molecule has 2 aliphatic heterocycles. The quantitative estimate of drug-likeness (QED) is 0.166. The van der Waals surface area contributed by atoms with E-state index in [0.29, 0.717) is 37.5 Å². The summed E-state index contributed by atoms with van der Waals surface area (Å²) in [6.07, 6.45) is 9.06. The van der Waals surface area contributed by atoms with Crippen LogP contribution >= 0.6 is 11.8 Å². The number of nitrogens with one attached hydrogen (secondary N) is 4. The third-order valence-electron chi connectivity index (χ3n) is 5.75. The van der Waals surface area contributed by atoms with Crippen LogP contribution in [0.2, 0.25) is 0 Å². The van der Waals surface area contributed by atoms with Gasteiger partial charge in [0, 0.05) is 36.8 Å². The Morgan fingerprint density at radius 2 is 1.72 bits per heavy atom. The highest BCUT2D eigenvalue weighted by molar-refractivity contribution is 8.00. The highest BCUT2D eigenvalue weighted by Crippen LogP contribution is 2.33. The molecule has 10 heteroatoms. The molecule has 4 N–H and O–H groups in total. The zero-order chi connectivity index (χ0) is 23.2. The van der Waals surface area contributed by atoms with Crippen LogP contribution < -0.4 is 21.4 Å². The van der Waals surface area contributed by atoms with Gasteiger partial charge in [0.05, 0.1) is 12.1 Å². The van der Waals surface area contributed by atoms with E-state index in [4.69, 9.17) is 4.84 Å². The maximum Gasteiger partial charge on any atom is 0.332 e. The molecule has 0 unspecified atom stereocenters. The van der Waals surface area contributed by atoms with E-state index in [0.717, 1.165) is 50.7 Å². The van der Waals surface area contributed by atoms with Gasteiger partial charge in [0.1, 0.15) is 0 Å². The average Bonchev–Trinajstić information content (AvgIpc) is 3.31. The number of urea groups is 1. The summed E-state index contributed by atoms with van der Waals surface area (Å²) in [5, 5.41) is 9.16. The van der Waals surface area contributed by atoms with Crippen molar-refractivity contribution >= 4 is 35.6 Å². The lowest BCUT2D eigenvalue weighted by molar-refractivity contribution is -0.158. The van der Waals surface area contributed by atoms with E-state index in [2.05, 4.69) is 28.4 Å². The summed E-state index contributed by atoms with van der Waals surface area (Å²) in [5.41, 5.74) is 2.23. The molecule has 2 heterocycles. The second kappa shape index (κ2) is 15.0. The van der Waals surface area contributed by atoms with E-state index >= 15 is 0 Å². The van der Waals surface area contributed by atoms with Gasteiger partial charge in [-0.25, -0.2) is 9.59 Å². The highest BCUT2D eigenvalue weighted by atomic mass is 32.2. The number of hydroxylamine groups is 1. The second-order valence-corrected chi connectivity index (χ2v) is 9.76. The number of rotatable bonds is 15. The molecule has 0 radical (unpaired) electrons. The monoisotopic (exact) mass is 470 g/mol.